The average molecular weight is 409 g/mol. The molecule has 3 heterocycles. The molecular weight excluding hydrogens is 388 g/mol. The molecule has 6 nitrogen and oxygen atoms in total. The number of nitrogens with zero attached hydrogens (tertiary/aromatic N) is 2. The van der Waals surface area contributed by atoms with Gasteiger partial charge in [-0.1, -0.05) is 11.6 Å². The van der Waals surface area contributed by atoms with E-state index in [9.17, 15) is 8.42 Å². The first-order valence-electron chi connectivity index (χ1n) is 8.93. The van der Waals surface area contributed by atoms with E-state index in [0.29, 0.717) is 23.6 Å². The summed E-state index contributed by atoms with van der Waals surface area (Å²) in [5, 5.41) is 0.292. The molecule has 2 aliphatic rings. The number of sulfonamides is 1. The fourth-order valence-electron chi connectivity index (χ4n) is 4.11. The zero-order valence-electron chi connectivity index (χ0n) is 14.9. The van der Waals surface area contributed by atoms with Crippen LogP contribution >= 0.6 is 11.6 Å². The number of aromatic nitrogens is 1. The molecule has 27 heavy (non-hydrogen) atoms. The fourth-order valence-corrected chi connectivity index (χ4v) is 6.35. The number of piperidine rings is 1. The molecular formula is C19H21ClN2O4S. The summed E-state index contributed by atoms with van der Waals surface area (Å²) in [6, 6.07) is 8.20. The van der Waals surface area contributed by atoms with E-state index in [2.05, 4.69) is 4.98 Å². The third-order valence-electron chi connectivity index (χ3n) is 5.26. The van der Waals surface area contributed by atoms with Gasteiger partial charge in [0.15, 0.2) is 0 Å². The highest BCUT2D eigenvalue weighted by Crippen LogP contribution is 2.41. The molecule has 2 bridgehead atoms. The number of halogens is 1. The maximum Gasteiger partial charge on any atom is 0.243 e. The van der Waals surface area contributed by atoms with Crippen LogP contribution in [0.3, 0.4) is 0 Å². The van der Waals surface area contributed by atoms with Crippen LogP contribution in [0, 0.1) is 0 Å². The van der Waals surface area contributed by atoms with Crippen LogP contribution in [0.15, 0.2) is 47.6 Å². The lowest BCUT2D eigenvalue weighted by atomic mass is 10.0. The minimum absolute atomic E-state index is 0.00222. The number of hydrogen-bond acceptors (Lipinski definition) is 5. The van der Waals surface area contributed by atoms with Gasteiger partial charge >= 0.3 is 0 Å². The first-order valence-corrected chi connectivity index (χ1v) is 10.7. The summed E-state index contributed by atoms with van der Waals surface area (Å²) >= 11 is 6.14. The number of ether oxygens (including phenoxy) is 2. The van der Waals surface area contributed by atoms with Crippen LogP contribution < -0.4 is 9.47 Å². The smallest absolute Gasteiger partial charge is 0.243 e. The molecule has 0 aliphatic carbocycles. The van der Waals surface area contributed by atoms with Crippen LogP contribution in [0.5, 0.6) is 11.5 Å². The number of methoxy groups -OCH3 is 1. The van der Waals surface area contributed by atoms with Crippen LogP contribution in [0.1, 0.15) is 25.7 Å². The van der Waals surface area contributed by atoms with Crippen LogP contribution in [0.4, 0.5) is 0 Å². The molecule has 144 valence electrons. The van der Waals surface area contributed by atoms with E-state index in [4.69, 9.17) is 21.1 Å². The van der Waals surface area contributed by atoms with Crippen LogP contribution in [0.25, 0.3) is 0 Å². The first-order chi connectivity index (χ1) is 13.0. The predicted octanol–water partition coefficient (Wildman–Crippen LogP) is 3.51. The standard InChI is InChI=1S/C19H21ClN2O4S/c1-25-19-7-6-17(11-18(19)20)27(23,24)22-13-4-5-14(22)10-16(9-13)26-15-3-2-8-21-12-15/h2-3,6-8,11-14,16H,4-5,9-10H2,1H3. The van der Waals surface area contributed by atoms with Crippen molar-refractivity contribution in [2.75, 3.05) is 7.11 Å². The Morgan fingerprint density at radius 3 is 2.52 bits per heavy atom. The molecule has 1 aromatic heterocycles. The van der Waals surface area contributed by atoms with E-state index in [1.165, 1.54) is 13.2 Å². The van der Waals surface area contributed by atoms with Gasteiger partial charge in [0, 0.05) is 31.1 Å². The number of pyridine rings is 1. The normalized spacial score (nSPS) is 25.3. The van der Waals surface area contributed by atoms with Crippen molar-refractivity contribution in [2.24, 2.45) is 0 Å². The molecule has 2 aromatic rings. The second kappa shape index (κ2) is 7.30. The number of hydrogen-bond donors (Lipinski definition) is 0. The van der Waals surface area contributed by atoms with Gasteiger partial charge in [-0.3, -0.25) is 4.98 Å². The Balaban J connectivity index is 1.54. The largest absolute Gasteiger partial charge is 0.495 e. The highest BCUT2D eigenvalue weighted by molar-refractivity contribution is 7.89. The molecule has 0 amide bonds. The summed E-state index contributed by atoms with van der Waals surface area (Å²) in [5.41, 5.74) is 0. The minimum atomic E-state index is -3.62. The van der Waals surface area contributed by atoms with Gasteiger partial charge < -0.3 is 9.47 Å². The first kappa shape index (κ1) is 18.5. The Labute approximate surface area is 164 Å². The van der Waals surface area contributed by atoms with E-state index in [0.717, 1.165) is 18.6 Å². The topological polar surface area (TPSA) is 68.7 Å². The maximum atomic E-state index is 13.2. The summed E-state index contributed by atoms with van der Waals surface area (Å²) < 4.78 is 39.3. The molecule has 8 heteroatoms. The molecule has 1 aromatic carbocycles. The molecule has 0 radical (unpaired) electrons. The van der Waals surface area contributed by atoms with Crippen LogP contribution in [0.2, 0.25) is 5.02 Å². The molecule has 2 saturated heterocycles. The third kappa shape index (κ3) is 3.51. The van der Waals surface area contributed by atoms with Gasteiger partial charge in [0.05, 0.1) is 23.2 Å². The lowest BCUT2D eigenvalue weighted by molar-refractivity contribution is 0.0953. The zero-order valence-corrected chi connectivity index (χ0v) is 16.5. The third-order valence-corrected chi connectivity index (χ3v) is 7.56. The summed E-state index contributed by atoms with van der Waals surface area (Å²) in [6.07, 6.45) is 6.43. The SMILES string of the molecule is COc1ccc(S(=O)(=O)N2C3CCC2CC(Oc2cccnc2)C3)cc1Cl. The zero-order chi connectivity index (χ0) is 19.0. The lowest BCUT2D eigenvalue weighted by Gasteiger charge is -2.37. The van der Waals surface area contributed by atoms with Crippen LogP contribution in [-0.2, 0) is 10.0 Å². The molecule has 2 atom stereocenters. The fraction of sp³-hybridized carbons (Fsp3) is 0.421. The van der Waals surface area contributed by atoms with E-state index >= 15 is 0 Å². The molecule has 2 unspecified atom stereocenters. The molecule has 2 aliphatic heterocycles. The molecule has 0 N–H and O–H groups in total. The molecule has 2 fully saturated rings. The van der Waals surface area contributed by atoms with Crippen molar-refractivity contribution in [3.63, 3.8) is 0 Å². The van der Waals surface area contributed by atoms with Crippen molar-refractivity contribution >= 4 is 21.6 Å². The summed E-state index contributed by atoms with van der Waals surface area (Å²) in [6.45, 7) is 0. The minimum Gasteiger partial charge on any atom is -0.495 e. The number of rotatable bonds is 5. The Kier molecular flexibility index (Phi) is 5.01. The Bertz CT molecular complexity index is 909. The maximum absolute atomic E-state index is 13.2. The quantitative estimate of drug-likeness (QED) is 0.757. The molecule has 4 rings (SSSR count). The van der Waals surface area contributed by atoms with E-state index < -0.39 is 10.0 Å². The van der Waals surface area contributed by atoms with Gasteiger partial charge in [-0.15, -0.1) is 0 Å². The van der Waals surface area contributed by atoms with Gasteiger partial charge in [0.2, 0.25) is 10.0 Å². The van der Waals surface area contributed by atoms with Gasteiger partial charge in [-0.05, 0) is 43.2 Å². The summed E-state index contributed by atoms with van der Waals surface area (Å²) in [4.78, 5) is 4.27. The highest BCUT2D eigenvalue weighted by Gasteiger charge is 2.48. The molecule has 0 saturated carbocycles. The second-order valence-electron chi connectivity index (χ2n) is 6.92. The molecule has 0 spiro atoms. The van der Waals surface area contributed by atoms with Gasteiger partial charge in [0.1, 0.15) is 17.6 Å². The van der Waals surface area contributed by atoms with E-state index in [1.54, 1.807) is 28.8 Å². The van der Waals surface area contributed by atoms with Gasteiger partial charge in [-0.2, -0.15) is 4.31 Å². The Morgan fingerprint density at radius 1 is 1.19 bits per heavy atom. The van der Waals surface area contributed by atoms with Crippen LogP contribution in [-0.4, -0.2) is 43.0 Å². The van der Waals surface area contributed by atoms with Gasteiger partial charge in [-0.25, -0.2) is 8.42 Å². The Morgan fingerprint density at radius 2 is 1.93 bits per heavy atom. The number of benzene rings is 1. The van der Waals surface area contributed by atoms with E-state index in [-0.39, 0.29) is 23.1 Å². The van der Waals surface area contributed by atoms with Crippen molar-refractivity contribution in [2.45, 2.75) is 48.8 Å². The monoisotopic (exact) mass is 408 g/mol. The Hall–Kier alpha value is -1.83. The van der Waals surface area contributed by atoms with Crippen molar-refractivity contribution in [1.82, 2.24) is 9.29 Å². The second-order valence-corrected chi connectivity index (χ2v) is 9.17. The van der Waals surface area contributed by atoms with Crippen molar-refractivity contribution < 1.29 is 17.9 Å². The van der Waals surface area contributed by atoms with Gasteiger partial charge in [0.25, 0.3) is 0 Å². The van der Waals surface area contributed by atoms with E-state index in [1.807, 2.05) is 12.1 Å². The average Bonchev–Trinajstić information content (AvgIpc) is 2.95. The van der Waals surface area contributed by atoms with Crippen molar-refractivity contribution in [3.05, 3.63) is 47.7 Å². The van der Waals surface area contributed by atoms with Crippen molar-refractivity contribution in [3.8, 4) is 11.5 Å². The lowest BCUT2D eigenvalue weighted by Crippen LogP contribution is -2.49. The van der Waals surface area contributed by atoms with Crippen molar-refractivity contribution in [1.29, 1.82) is 0 Å². The predicted molar refractivity (Wildman–Crippen MR) is 102 cm³/mol. The summed E-state index contributed by atoms with van der Waals surface area (Å²) in [5.74, 6) is 1.18. The number of fused-ring (bicyclic) bond motifs is 2. The highest BCUT2D eigenvalue weighted by atomic mass is 35.5. The summed E-state index contributed by atoms with van der Waals surface area (Å²) in [7, 11) is -2.11.